The molecule has 2 aliphatic carbocycles. The van der Waals surface area contributed by atoms with Crippen LogP contribution in [-0.4, -0.2) is 48.2 Å². The highest BCUT2D eigenvalue weighted by atomic mass is 16.7. The molecule has 0 aromatic heterocycles. The summed E-state index contributed by atoms with van der Waals surface area (Å²) in [5.74, 6) is 3.01. The van der Waals surface area contributed by atoms with Crippen LogP contribution in [0.15, 0.2) is 12.2 Å². The van der Waals surface area contributed by atoms with E-state index in [2.05, 4.69) is 26.0 Å². The molecule has 0 radical (unpaired) electrons. The molecule has 2 saturated carbocycles. The fraction of sp³-hybridized carbons (Fsp3) is 0.889. The van der Waals surface area contributed by atoms with Gasteiger partial charge < -0.3 is 14.2 Å². The summed E-state index contributed by atoms with van der Waals surface area (Å²) in [5.41, 5.74) is -0.472. The molecule has 0 N–H and O–H groups in total. The quantitative estimate of drug-likeness (QED) is 0.485. The van der Waals surface area contributed by atoms with E-state index in [0.717, 1.165) is 31.1 Å². The third-order valence-electron chi connectivity index (χ3n) is 8.56. The van der Waals surface area contributed by atoms with Gasteiger partial charge in [0, 0.05) is 19.1 Å². The number of amides is 1. The molecule has 5 nitrogen and oxygen atoms in total. The Morgan fingerprint density at radius 2 is 1.75 bits per heavy atom. The van der Waals surface area contributed by atoms with E-state index < -0.39 is 5.60 Å². The molecule has 5 heteroatoms. The second kappa shape index (κ2) is 9.66. The second-order valence-corrected chi connectivity index (χ2v) is 11.8. The molecule has 32 heavy (non-hydrogen) atoms. The Labute approximate surface area is 195 Å². The third kappa shape index (κ3) is 4.89. The summed E-state index contributed by atoms with van der Waals surface area (Å²) in [4.78, 5) is 15.1. The third-order valence-corrected chi connectivity index (χ3v) is 8.56. The highest BCUT2D eigenvalue weighted by Gasteiger charge is 2.53. The molecule has 4 rings (SSSR count). The Morgan fingerprint density at radius 3 is 2.47 bits per heavy atom. The number of methoxy groups -OCH3 is 1. The van der Waals surface area contributed by atoms with Crippen molar-refractivity contribution in [2.75, 3.05) is 7.11 Å². The van der Waals surface area contributed by atoms with E-state index in [9.17, 15) is 4.79 Å². The van der Waals surface area contributed by atoms with Gasteiger partial charge in [-0.05, 0) is 90.4 Å². The van der Waals surface area contributed by atoms with Gasteiger partial charge >= 0.3 is 6.09 Å². The van der Waals surface area contributed by atoms with Crippen LogP contribution in [0, 0.1) is 29.6 Å². The van der Waals surface area contributed by atoms with Gasteiger partial charge in [0.15, 0.2) is 6.29 Å². The number of likely N-dealkylation sites (tertiary alicyclic amines) is 1. The van der Waals surface area contributed by atoms with Gasteiger partial charge in [-0.3, -0.25) is 4.90 Å². The van der Waals surface area contributed by atoms with E-state index in [0.29, 0.717) is 17.8 Å². The van der Waals surface area contributed by atoms with Crippen LogP contribution in [0.25, 0.3) is 0 Å². The van der Waals surface area contributed by atoms with Crippen molar-refractivity contribution in [3.63, 3.8) is 0 Å². The van der Waals surface area contributed by atoms with Crippen LogP contribution in [0.3, 0.4) is 0 Å². The lowest BCUT2D eigenvalue weighted by Crippen LogP contribution is -2.50. The first kappa shape index (κ1) is 24.1. The fourth-order valence-corrected chi connectivity index (χ4v) is 7.27. The summed E-state index contributed by atoms with van der Waals surface area (Å²) in [7, 11) is 1.79. The summed E-state index contributed by atoms with van der Waals surface area (Å²) in [6.07, 6.45) is 14.6. The normalized spacial score (nSPS) is 42.6. The van der Waals surface area contributed by atoms with Crippen LogP contribution in [0.1, 0.15) is 86.0 Å². The van der Waals surface area contributed by atoms with Crippen molar-refractivity contribution in [1.29, 1.82) is 0 Å². The fourth-order valence-electron chi connectivity index (χ4n) is 7.27. The van der Waals surface area contributed by atoms with E-state index in [-0.39, 0.29) is 30.6 Å². The summed E-state index contributed by atoms with van der Waals surface area (Å²) in [6, 6.07) is 0.327. The predicted octanol–water partition coefficient (Wildman–Crippen LogP) is 6.17. The molecular formula is C27H45NO4. The number of hydrogen-bond acceptors (Lipinski definition) is 4. The number of nitrogens with zero attached hydrogens (tertiary/aromatic N) is 1. The van der Waals surface area contributed by atoms with Crippen molar-refractivity contribution >= 4 is 6.09 Å². The van der Waals surface area contributed by atoms with Gasteiger partial charge in [-0.15, -0.1) is 0 Å². The van der Waals surface area contributed by atoms with E-state index in [1.807, 2.05) is 25.7 Å². The lowest BCUT2D eigenvalue weighted by molar-refractivity contribution is -0.132. The molecular weight excluding hydrogens is 402 g/mol. The van der Waals surface area contributed by atoms with Gasteiger partial charge in [0.05, 0.1) is 12.1 Å². The molecule has 9 atom stereocenters. The molecule has 0 bridgehead atoms. The Balaban J connectivity index is 1.57. The monoisotopic (exact) mass is 447 g/mol. The van der Waals surface area contributed by atoms with E-state index >= 15 is 0 Å². The molecule has 4 fully saturated rings. The smallest absolute Gasteiger partial charge is 0.411 e. The first-order chi connectivity index (χ1) is 15.2. The summed E-state index contributed by atoms with van der Waals surface area (Å²) in [6.45, 7) is 10.2. The number of rotatable bonds is 3. The first-order valence-corrected chi connectivity index (χ1v) is 13.1. The maximum atomic E-state index is 13.1. The van der Waals surface area contributed by atoms with Crippen LogP contribution in [0.5, 0.6) is 0 Å². The minimum Gasteiger partial charge on any atom is -0.444 e. The molecule has 2 heterocycles. The number of carbonyl (C=O) groups is 1. The number of piperidine rings is 1. The van der Waals surface area contributed by atoms with Crippen molar-refractivity contribution in [2.45, 2.75) is 116 Å². The summed E-state index contributed by atoms with van der Waals surface area (Å²) >= 11 is 0. The van der Waals surface area contributed by atoms with Crippen LogP contribution in [-0.2, 0) is 14.2 Å². The Bertz CT molecular complexity index is 686. The average Bonchev–Trinajstić information content (AvgIpc) is 3.05. The predicted molar refractivity (Wildman–Crippen MR) is 126 cm³/mol. The Hall–Kier alpha value is -1.07. The zero-order valence-corrected chi connectivity index (χ0v) is 21.1. The highest BCUT2D eigenvalue weighted by molar-refractivity contribution is 5.69. The number of fused-ring (bicyclic) bond motifs is 2. The van der Waals surface area contributed by atoms with Crippen LogP contribution in [0.4, 0.5) is 4.79 Å². The molecule has 0 spiro atoms. The SMILES string of the molecule is COC1OC(C)C2C(/C=C/C3CCCC(C)N3C(=O)OC(C)(C)C)C3CCCCC3CC12. The minimum atomic E-state index is -0.472. The second-order valence-electron chi connectivity index (χ2n) is 11.8. The number of carbonyl (C=O) groups excluding carboxylic acids is 1. The first-order valence-electron chi connectivity index (χ1n) is 13.1. The molecule has 2 saturated heterocycles. The number of hydrogen-bond donors (Lipinski definition) is 0. The minimum absolute atomic E-state index is 0.0678. The molecule has 9 unspecified atom stereocenters. The Morgan fingerprint density at radius 1 is 1.00 bits per heavy atom. The average molecular weight is 448 g/mol. The summed E-state index contributed by atoms with van der Waals surface area (Å²) in [5, 5.41) is 0. The van der Waals surface area contributed by atoms with Gasteiger partial charge in [-0.2, -0.15) is 0 Å². The standard InChI is InChI=1S/C27H45NO4/c1-17-10-9-12-20(28(17)26(29)32-27(3,4)5)14-15-22-21-13-8-7-11-19(21)16-23-24(22)18(2)31-25(23)30-6/h14-15,17-25H,7-13,16H2,1-6H3/b15-14+. The maximum absolute atomic E-state index is 13.1. The van der Waals surface area contributed by atoms with Crippen molar-refractivity contribution in [1.82, 2.24) is 4.90 Å². The maximum Gasteiger partial charge on any atom is 0.411 e. The lowest BCUT2D eigenvalue weighted by atomic mass is 9.57. The molecule has 2 aliphatic heterocycles. The zero-order valence-electron chi connectivity index (χ0n) is 21.1. The Kier molecular flexibility index (Phi) is 7.26. The van der Waals surface area contributed by atoms with Crippen molar-refractivity contribution in [2.24, 2.45) is 29.6 Å². The van der Waals surface area contributed by atoms with E-state index in [1.165, 1.54) is 32.1 Å². The molecule has 0 aromatic rings. The van der Waals surface area contributed by atoms with Crippen LogP contribution < -0.4 is 0 Å². The molecule has 4 aliphatic rings. The van der Waals surface area contributed by atoms with Gasteiger partial charge in [-0.25, -0.2) is 4.79 Å². The topological polar surface area (TPSA) is 48.0 Å². The number of allylic oxidation sites excluding steroid dienone is 1. The number of ether oxygens (including phenoxy) is 3. The molecule has 182 valence electrons. The van der Waals surface area contributed by atoms with Crippen LogP contribution >= 0.6 is 0 Å². The lowest BCUT2D eigenvalue weighted by Gasteiger charge is -2.47. The molecule has 0 aromatic carbocycles. The van der Waals surface area contributed by atoms with Gasteiger partial charge in [0.1, 0.15) is 5.60 Å². The largest absolute Gasteiger partial charge is 0.444 e. The van der Waals surface area contributed by atoms with Crippen LogP contribution in [0.2, 0.25) is 0 Å². The van der Waals surface area contributed by atoms with Crippen molar-refractivity contribution in [3.05, 3.63) is 12.2 Å². The highest BCUT2D eigenvalue weighted by Crippen LogP contribution is 2.55. The van der Waals surface area contributed by atoms with Crippen molar-refractivity contribution in [3.8, 4) is 0 Å². The summed E-state index contributed by atoms with van der Waals surface area (Å²) < 4.78 is 17.8. The van der Waals surface area contributed by atoms with Gasteiger partial charge in [0.25, 0.3) is 0 Å². The van der Waals surface area contributed by atoms with E-state index in [1.54, 1.807) is 7.11 Å². The van der Waals surface area contributed by atoms with Gasteiger partial charge in [0.2, 0.25) is 0 Å². The van der Waals surface area contributed by atoms with Gasteiger partial charge in [-0.1, -0.05) is 31.4 Å². The zero-order chi connectivity index (χ0) is 23.0. The van der Waals surface area contributed by atoms with Crippen molar-refractivity contribution < 1.29 is 19.0 Å². The van der Waals surface area contributed by atoms with E-state index in [4.69, 9.17) is 14.2 Å². The molecule has 1 amide bonds.